The summed E-state index contributed by atoms with van der Waals surface area (Å²) in [7, 11) is -4.60. The molecular formula is C51H96O12S. The normalized spacial score (nSPS) is 19.4. The van der Waals surface area contributed by atoms with Gasteiger partial charge in [-0.2, -0.15) is 8.42 Å². The van der Waals surface area contributed by atoms with Crippen LogP contribution in [-0.4, -0.2) is 96.0 Å². The number of ether oxygens (including phenoxy) is 4. The van der Waals surface area contributed by atoms with E-state index in [2.05, 4.69) is 13.5 Å². The fraction of sp³-hybridized carbons (Fsp3) is 0.922. The van der Waals surface area contributed by atoms with Crippen molar-refractivity contribution in [2.75, 3.05) is 19.0 Å². The lowest BCUT2D eigenvalue weighted by atomic mass is 10.00. The van der Waals surface area contributed by atoms with Gasteiger partial charge < -0.3 is 34.3 Å². The van der Waals surface area contributed by atoms with Gasteiger partial charge in [0.25, 0.3) is 10.1 Å². The fourth-order valence-electron chi connectivity index (χ4n) is 8.42. The summed E-state index contributed by atoms with van der Waals surface area (Å²) in [5, 5.41) is 31.0. The molecule has 0 aromatic rings. The van der Waals surface area contributed by atoms with E-state index in [9.17, 15) is 37.9 Å². The van der Waals surface area contributed by atoms with Crippen molar-refractivity contribution in [3.63, 3.8) is 0 Å². The van der Waals surface area contributed by atoms with Crippen molar-refractivity contribution in [3.05, 3.63) is 12.7 Å². The van der Waals surface area contributed by atoms with Gasteiger partial charge in [0.2, 0.25) is 0 Å². The number of allylic oxidation sites excluding steroid dienone is 1. The number of hydrogen-bond donors (Lipinski definition) is 4. The van der Waals surface area contributed by atoms with Crippen molar-refractivity contribution in [1.29, 1.82) is 0 Å². The van der Waals surface area contributed by atoms with Crippen LogP contribution in [0.2, 0.25) is 0 Å². The molecule has 1 aliphatic heterocycles. The third-order valence-electron chi connectivity index (χ3n) is 12.5. The maximum atomic E-state index is 12.9. The summed E-state index contributed by atoms with van der Waals surface area (Å²) < 4.78 is 54.3. The second-order valence-corrected chi connectivity index (χ2v) is 20.1. The highest BCUT2D eigenvalue weighted by molar-refractivity contribution is 7.85. The van der Waals surface area contributed by atoms with Crippen LogP contribution in [0.3, 0.4) is 0 Å². The van der Waals surface area contributed by atoms with E-state index >= 15 is 0 Å². The highest BCUT2D eigenvalue weighted by atomic mass is 32.2. The minimum Gasteiger partial charge on any atom is -0.462 e. The topological polar surface area (TPSA) is 186 Å². The van der Waals surface area contributed by atoms with Gasteiger partial charge in [0, 0.05) is 12.8 Å². The average Bonchev–Trinajstić information content (AvgIpc) is 3.26. The third-order valence-corrected chi connectivity index (χ3v) is 13.2. The largest absolute Gasteiger partial charge is 0.462 e. The summed E-state index contributed by atoms with van der Waals surface area (Å²) in [4.78, 5) is 25.5. The van der Waals surface area contributed by atoms with Crippen molar-refractivity contribution < 1.29 is 56.8 Å². The van der Waals surface area contributed by atoms with Gasteiger partial charge in [-0.15, -0.1) is 6.58 Å². The Labute approximate surface area is 390 Å². The molecule has 0 radical (unpaired) electrons. The van der Waals surface area contributed by atoms with Crippen LogP contribution in [0.1, 0.15) is 244 Å². The molecule has 12 nitrogen and oxygen atoms in total. The van der Waals surface area contributed by atoms with Crippen molar-refractivity contribution in [2.24, 2.45) is 0 Å². The van der Waals surface area contributed by atoms with E-state index in [1.54, 1.807) is 0 Å². The van der Waals surface area contributed by atoms with E-state index < -0.39 is 71.2 Å². The fourth-order valence-corrected chi connectivity index (χ4v) is 9.12. The molecule has 2 unspecified atom stereocenters. The first-order valence-electron chi connectivity index (χ1n) is 26.2. The maximum absolute atomic E-state index is 12.9. The van der Waals surface area contributed by atoms with Gasteiger partial charge in [-0.1, -0.05) is 212 Å². The predicted molar refractivity (Wildman–Crippen MR) is 257 cm³/mol. The van der Waals surface area contributed by atoms with Crippen LogP contribution in [0.5, 0.6) is 0 Å². The number of rotatable bonds is 46. The number of carbonyl (C=O) groups excluding carboxylic acids is 2. The molecule has 1 rings (SSSR count). The van der Waals surface area contributed by atoms with E-state index in [0.29, 0.717) is 12.8 Å². The van der Waals surface area contributed by atoms with E-state index in [-0.39, 0.29) is 19.4 Å². The van der Waals surface area contributed by atoms with Gasteiger partial charge in [-0.25, -0.2) is 0 Å². The summed E-state index contributed by atoms with van der Waals surface area (Å²) in [5.41, 5.74) is 0. The van der Waals surface area contributed by atoms with Crippen LogP contribution >= 0.6 is 0 Å². The first-order chi connectivity index (χ1) is 31.0. The lowest BCUT2D eigenvalue weighted by Crippen LogP contribution is -2.60. The number of aliphatic hydroxyl groups is 3. The SMILES string of the molecule is C=CCCCCCCCCCCCCCCCC(=O)OC[C@H](CO[C@H]1O[C@H](CS(=O)(=O)O)[C@@H](O)C(O)C1O)OC(=O)CCCCCCCCCCCCCCCCCCCCCCC. The molecule has 13 heteroatoms. The van der Waals surface area contributed by atoms with Gasteiger partial charge in [-0.05, 0) is 25.7 Å². The summed E-state index contributed by atoms with van der Waals surface area (Å²) in [6, 6.07) is 0. The number of aliphatic hydroxyl groups excluding tert-OH is 3. The van der Waals surface area contributed by atoms with Crippen LogP contribution in [0.25, 0.3) is 0 Å². The summed E-state index contributed by atoms with van der Waals surface area (Å²) >= 11 is 0. The minimum absolute atomic E-state index is 0.170. The predicted octanol–water partition coefficient (Wildman–Crippen LogP) is 11.8. The molecule has 1 fully saturated rings. The van der Waals surface area contributed by atoms with Crippen molar-refractivity contribution in [3.8, 4) is 0 Å². The molecule has 64 heavy (non-hydrogen) atoms. The van der Waals surface area contributed by atoms with Gasteiger partial charge in [-0.3, -0.25) is 14.1 Å². The zero-order valence-corrected chi connectivity index (χ0v) is 41.3. The monoisotopic (exact) mass is 933 g/mol. The molecule has 4 N–H and O–H groups in total. The zero-order valence-electron chi connectivity index (χ0n) is 40.5. The van der Waals surface area contributed by atoms with E-state index in [0.717, 1.165) is 44.9 Å². The summed E-state index contributed by atoms with van der Waals surface area (Å²) in [5.74, 6) is -1.97. The lowest BCUT2D eigenvalue weighted by Gasteiger charge is -2.40. The van der Waals surface area contributed by atoms with Crippen molar-refractivity contribution in [1.82, 2.24) is 0 Å². The molecule has 1 heterocycles. The molecule has 0 amide bonds. The minimum atomic E-state index is -4.60. The smallest absolute Gasteiger partial charge is 0.306 e. The lowest BCUT2D eigenvalue weighted by molar-refractivity contribution is -0.297. The van der Waals surface area contributed by atoms with Crippen LogP contribution in [0.4, 0.5) is 0 Å². The standard InChI is InChI=1S/C51H96O12S/c1-3-5-7-9-11-13-15-17-19-20-21-22-23-24-26-28-30-32-34-36-38-40-47(53)62-44(42-61-51-50(56)49(55)48(54)45(63-51)43-64(57,58)59)41-60-46(52)39-37-35-33-31-29-27-25-18-16-14-12-10-8-6-4-2/h4,44-45,48-51,54-56H,2-3,5-43H2,1H3,(H,57,58,59)/t44-,45-,48-,49?,50?,51+/m1/s1. The Hall–Kier alpha value is -1.61. The number of hydrogen-bond acceptors (Lipinski definition) is 11. The molecule has 0 saturated carbocycles. The Morgan fingerprint density at radius 2 is 0.922 bits per heavy atom. The first-order valence-corrected chi connectivity index (χ1v) is 27.8. The van der Waals surface area contributed by atoms with Gasteiger partial charge >= 0.3 is 11.9 Å². The molecule has 378 valence electrons. The Bertz CT molecular complexity index is 1220. The van der Waals surface area contributed by atoms with Crippen molar-refractivity contribution in [2.45, 2.75) is 281 Å². The third kappa shape index (κ3) is 35.6. The molecule has 0 aromatic heterocycles. The van der Waals surface area contributed by atoms with Crippen LogP contribution in [0.15, 0.2) is 12.7 Å². The molecular weight excluding hydrogens is 837 g/mol. The molecule has 0 aliphatic carbocycles. The Morgan fingerprint density at radius 3 is 1.31 bits per heavy atom. The molecule has 1 aliphatic rings. The van der Waals surface area contributed by atoms with Crippen molar-refractivity contribution >= 4 is 22.1 Å². The highest BCUT2D eigenvalue weighted by Gasteiger charge is 2.46. The number of unbranched alkanes of at least 4 members (excludes halogenated alkanes) is 33. The Kier molecular flexibility index (Phi) is 39.2. The van der Waals surface area contributed by atoms with Gasteiger partial charge in [0.05, 0.1) is 6.61 Å². The zero-order chi connectivity index (χ0) is 46.9. The number of carbonyl (C=O) groups is 2. The highest BCUT2D eigenvalue weighted by Crippen LogP contribution is 2.24. The van der Waals surface area contributed by atoms with Crippen LogP contribution in [0, 0.1) is 0 Å². The second-order valence-electron chi connectivity index (χ2n) is 18.6. The average molecular weight is 933 g/mol. The Morgan fingerprint density at radius 1 is 0.547 bits per heavy atom. The molecule has 0 spiro atoms. The maximum Gasteiger partial charge on any atom is 0.306 e. The van der Waals surface area contributed by atoms with E-state index in [1.807, 2.05) is 6.08 Å². The number of esters is 2. The van der Waals surface area contributed by atoms with Gasteiger partial charge in [0.1, 0.15) is 36.8 Å². The second kappa shape index (κ2) is 41.6. The van der Waals surface area contributed by atoms with Gasteiger partial charge in [0.15, 0.2) is 12.4 Å². The Balaban J connectivity index is 2.33. The van der Waals surface area contributed by atoms with Crippen LogP contribution in [-0.2, 0) is 38.7 Å². The molecule has 0 bridgehead atoms. The summed E-state index contributed by atoms with van der Waals surface area (Å²) in [6.07, 6.45) is 35.7. The van der Waals surface area contributed by atoms with Crippen LogP contribution < -0.4 is 0 Å². The first kappa shape index (κ1) is 60.4. The molecule has 6 atom stereocenters. The van der Waals surface area contributed by atoms with E-state index in [1.165, 1.54) is 167 Å². The quantitative estimate of drug-likeness (QED) is 0.0196. The summed E-state index contributed by atoms with van der Waals surface area (Å²) in [6.45, 7) is 5.33. The molecule has 0 aromatic carbocycles. The van der Waals surface area contributed by atoms with E-state index in [4.69, 9.17) is 18.9 Å². The molecule has 1 saturated heterocycles.